The first-order valence-corrected chi connectivity index (χ1v) is 8.33. The van der Waals surface area contributed by atoms with Gasteiger partial charge in [-0.2, -0.15) is 0 Å². The Morgan fingerprint density at radius 3 is 2.67 bits per heavy atom. The highest BCUT2D eigenvalue weighted by atomic mass is 35.5. The molecule has 1 saturated heterocycles. The number of nitro benzene ring substituents is 1. The fourth-order valence-electron chi connectivity index (χ4n) is 2.26. The topological polar surface area (TPSA) is 97.6 Å². The van der Waals surface area contributed by atoms with Crippen molar-refractivity contribution in [3.63, 3.8) is 0 Å². The molecule has 21 heavy (non-hydrogen) atoms. The first-order valence-electron chi connectivity index (χ1n) is 6.13. The van der Waals surface area contributed by atoms with Crippen molar-refractivity contribution in [3.8, 4) is 0 Å². The minimum atomic E-state index is -3.12. The van der Waals surface area contributed by atoms with Crippen molar-refractivity contribution >= 4 is 33.0 Å². The molecule has 1 aliphatic heterocycles. The van der Waals surface area contributed by atoms with Crippen LogP contribution in [0.25, 0.3) is 0 Å². The van der Waals surface area contributed by atoms with E-state index < -0.39 is 26.7 Å². The van der Waals surface area contributed by atoms with E-state index >= 15 is 0 Å². The number of nitrogens with zero attached hydrogens (tertiary/aromatic N) is 2. The third-order valence-corrected chi connectivity index (χ3v) is 5.63. The van der Waals surface area contributed by atoms with Gasteiger partial charge >= 0.3 is 0 Å². The highest BCUT2D eigenvalue weighted by Gasteiger charge is 2.34. The van der Waals surface area contributed by atoms with Gasteiger partial charge in [-0.15, -0.1) is 0 Å². The van der Waals surface area contributed by atoms with Gasteiger partial charge in [0.15, 0.2) is 9.84 Å². The van der Waals surface area contributed by atoms with Gasteiger partial charge in [0.2, 0.25) is 0 Å². The summed E-state index contributed by atoms with van der Waals surface area (Å²) in [6, 6.07) is 3.53. The molecule has 9 heteroatoms. The highest BCUT2D eigenvalue weighted by molar-refractivity contribution is 7.91. The fourth-order valence-corrected chi connectivity index (χ4v) is 4.31. The van der Waals surface area contributed by atoms with Crippen molar-refractivity contribution in [2.75, 3.05) is 18.6 Å². The van der Waals surface area contributed by atoms with Gasteiger partial charge < -0.3 is 4.90 Å². The summed E-state index contributed by atoms with van der Waals surface area (Å²) >= 11 is 5.90. The Morgan fingerprint density at radius 1 is 1.48 bits per heavy atom. The van der Waals surface area contributed by atoms with Crippen molar-refractivity contribution in [3.05, 3.63) is 38.9 Å². The fraction of sp³-hybridized carbons (Fsp3) is 0.417. The lowest BCUT2D eigenvalue weighted by Crippen LogP contribution is -2.38. The lowest BCUT2D eigenvalue weighted by Gasteiger charge is -2.23. The Kier molecular flexibility index (Phi) is 4.20. The predicted octanol–water partition coefficient (Wildman–Crippen LogP) is 1.51. The molecule has 0 bridgehead atoms. The number of hydrogen-bond donors (Lipinski definition) is 0. The molecule has 1 heterocycles. The summed E-state index contributed by atoms with van der Waals surface area (Å²) in [6.07, 6.45) is 0.358. The molecule has 0 radical (unpaired) electrons. The maximum Gasteiger partial charge on any atom is 0.288 e. The van der Waals surface area contributed by atoms with E-state index in [1.54, 1.807) is 0 Å². The molecule has 114 valence electrons. The summed E-state index contributed by atoms with van der Waals surface area (Å²) in [4.78, 5) is 23.8. The lowest BCUT2D eigenvalue weighted by molar-refractivity contribution is -0.384. The molecule has 0 saturated carbocycles. The number of benzene rings is 1. The Labute approximate surface area is 126 Å². The molecule has 0 spiro atoms. The second-order valence-corrected chi connectivity index (χ2v) is 7.48. The quantitative estimate of drug-likeness (QED) is 0.617. The van der Waals surface area contributed by atoms with E-state index in [2.05, 4.69) is 0 Å². The van der Waals surface area contributed by atoms with E-state index in [1.165, 1.54) is 30.1 Å². The molecular formula is C12H13ClN2O5S. The Bertz CT molecular complexity index is 704. The number of sulfone groups is 1. The summed E-state index contributed by atoms with van der Waals surface area (Å²) in [5.74, 6) is -0.578. The predicted molar refractivity (Wildman–Crippen MR) is 77.3 cm³/mol. The van der Waals surface area contributed by atoms with Crippen molar-refractivity contribution in [1.82, 2.24) is 4.90 Å². The number of carbonyl (C=O) groups excluding carboxylic acids is 1. The number of amides is 1. The molecule has 1 aromatic rings. The monoisotopic (exact) mass is 332 g/mol. The maximum atomic E-state index is 12.4. The summed E-state index contributed by atoms with van der Waals surface area (Å²) in [5.41, 5.74) is -0.354. The van der Waals surface area contributed by atoms with Crippen LogP contribution in [0, 0.1) is 10.1 Å². The molecule has 1 aromatic carbocycles. The van der Waals surface area contributed by atoms with Gasteiger partial charge in [0, 0.05) is 19.2 Å². The minimum Gasteiger partial charge on any atom is -0.338 e. The molecule has 1 fully saturated rings. The van der Waals surface area contributed by atoms with Crippen molar-refractivity contribution < 1.29 is 18.1 Å². The lowest BCUT2D eigenvalue weighted by atomic mass is 10.1. The number of halogens is 1. The Hall–Kier alpha value is -1.67. The average molecular weight is 333 g/mol. The van der Waals surface area contributed by atoms with Gasteiger partial charge in [0.05, 0.1) is 22.0 Å². The maximum absolute atomic E-state index is 12.4. The number of hydrogen-bond acceptors (Lipinski definition) is 5. The molecule has 0 N–H and O–H groups in total. The van der Waals surface area contributed by atoms with Crippen molar-refractivity contribution in [2.45, 2.75) is 12.5 Å². The zero-order valence-corrected chi connectivity index (χ0v) is 12.7. The van der Waals surface area contributed by atoms with Gasteiger partial charge in [-0.05, 0) is 12.5 Å². The van der Waals surface area contributed by atoms with Crippen LogP contribution in [-0.4, -0.2) is 48.7 Å². The van der Waals surface area contributed by atoms with Crippen molar-refractivity contribution in [2.24, 2.45) is 0 Å². The van der Waals surface area contributed by atoms with Gasteiger partial charge in [0.1, 0.15) is 5.02 Å². The molecule has 2 rings (SSSR count). The number of nitro groups is 1. The summed E-state index contributed by atoms with van der Waals surface area (Å²) in [6.45, 7) is 0. The van der Waals surface area contributed by atoms with Gasteiger partial charge in [-0.3, -0.25) is 14.9 Å². The summed E-state index contributed by atoms with van der Waals surface area (Å²) < 4.78 is 22.9. The van der Waals surface area contributed by atoms with E-state index in [1.807, 2.05) is 0 Å². The van der Waals surface area contributed by atoms with Crippen LogP contribution in [0.5, 0.6) is 0 Å². The normalized spacial score (nSPS) is 20.2. The van der Waals surface area contributed by atoms with Crippen LogP contribution in [0.15, 0.2) is 18.2 Å². The molecule has 1 aliphatic rings. The van der Waals surface area contributed by atoms with E-state index in [4.69, 9.17) is 11.6 Å². The van der Waals surface area contributed by atoms with E-state index in [9.17, 15) is 23.3 Å². The molecule has 1 amide bonds. The zero-order valence-electron chi connectivity index (χ0n) is 11.2. The second-order valence-electron chi connectivity index (χ2n) is 4.87. The molecule has 1 unspecified atom stereocenters. The molecule has 1 atom stereocenters. The van der Waals surface area contributed by atoms with E-state index in [-0.39, 0.29) is 27.8 Å². The van der Waals surface area contributed by atoms with Crippen LogP contribution in [-0.2, 0) is 9.84 Å². The second kappa shape index (κ2) is 5.61. The van der Waals surface area contributed by atoms with Crippen LogP contribution in [0.1, 0.15) is 16.8 Å². The summed E-state index contributed by atoms with van der Waals surface area (Å²) in [7, 11) is -1.65. The van der Waals surface area contributed by atoms with Crippen molar-refractivity contribution in [1.29, 1.82) is 0 Å². The van der Waals surface area contributed by atoms with E-state index in [0.717, 1.165) is 0 Å². The van der Waals surface area contributed by atoms with Crippen LogP contribution < -0.4 is 0 Å². The standard InChI is InChI=1S/C12H13ClN2O5S/c1-14(8-5-6-21(19,20)7-8)12(16)9-3-2-4-10(11(9)13)15(17)18/h2-4,8H,5-7H2,1H3. The van der Waals surface area contributed by atoms with Crippen LogP contribution >= 0.6 is 11.6 Å². The first-order chi connectivity index (χ1) is 9.73. The molecule has 7 nitrogen and oxygen atoms in total. The highest BCUT2D eigenvalue weighted by Crippen LogP contribution is 2.29. The Morgan fingerprint density at radius 2 is 2.14 bits per heavy atom. The Balaban J connectivity index is 2.28. The largest absolute Gasteiger partial charge is 0.338 e. The third kappa shape index (κ3) is 3.16. The van der Waals surface area contributed by atoms with Crippen LogP contribution in [0.2, 0.25) is 5.02 Å². The smallest absolute Gasteiger partial charge is 0.288 e. The molecule has 0 aliphatic carbocycles. The van der Waals surface area contributed by atoms with Gasteiger partial charge in [0.25, 0.3) is 11.6 Å². The first kappa shape index (κ1) is 15.7. The molecule has 0 aromatic heterocycles. The summed E-state index contributed by atoms with van der Waals surface area (Å²) in [5, 5.41) is 10.6. The van der Waals surface area contributed by atoms with Crippen LogP contribution in [0.3, 0.4) is 0 Å². The number of carbonyl (C=O) groups is 1. The van der Waals surface area contributed by atoms with Gasteiger partial charge in [-0.1, -0.05) is 17.7 Å². The SMILES string of the molecule is CN(C(=O)c1cccc([N+](=O)[O-])c1Cl)C1CCS(=O)(=O)C1. The third-order valence-electron chi connectivity index (χ3n) is 3.48. The zero-order chi connectivity index (χ0) is 15.8. The molecular weight excluding hydrogens is 320 g/mol. The van der Waals surface area contributed by atoms with E-state index in [0.29, 0.717) is 6.42 Å². The number of rotatable bonds is 3. The van der Waals surface area contributed by atoms with Crippen LogP contribution in [0.4, 0.5) is 5.69 Å². The average Bonchev–Trinajstić information content (AvgIpc) is 2.77. The van der Waals surface area contributed by atoms with Gasteiger partial charge in [-0.25, -0.2) is 8.42 Å². The minimum absolute atomic E-state index is 0.00216.